The fraction of sp³-hybridized carbons (Fsp3) is 0.263. The molecule has 0 bridgehead atoms. The van der Waals surface area contributed by atoms with Crippen molar-refractivity contribution in [3.63, 3.8) is 0 Å². The van der Waals surface area contributed by atoms with Gasteiger partial charge in [0.2, 0.25) is 0 Å². The molecule has 0 aliphatic rings. The standard InChI is InChI=1S/C19H21NO5/c1-19(14-21,17(22)24-12-15-8-4-2-5-9-15)20-18(23)25-13-16-10-6-3-7-11-16/h2-11,21H,12-14H2,1H3,(H,20,23)/t19-/m0/s1. The van der Waals surface area contributed by atoms with Gasteiger partial charge >= 0.3 is 12.1 Å². The van der Waals surface area contributed by atoms with Crippen LogP contribution >= 0.6 is 0 Å². The molecule has 132 valence electrons. The van der Waals surface area contributed by atoms with Gasteiger partial charge in [0.05, 0.1) is 6.61 Å². The molecule has 25 heavy (non-hydrogen) atoms. The van der Waals surface area contributed by atoms with Crippen molar-refractivity contribution in [3.8, 4) is 0 Å². The van der Waals surface area contributed by atoms with E-state index >= 15 is 0 Å². The Labute approximate surface area is 146 Å². The molecule has 0 aliphatic heterocycles. The first-order valence-corrected chi connectivity index (χ1v) is 7.84. The molecule has 0 aliphatic carbocycles. The number of hydrogen-bond donors (Lipinski definition) is 2. The Morgan fingerprint density at radius 3 is 1.88 bits per heavy atom. The van der Waals surface area contributed by atoms with Crippen molar-refractivity contribution in [1.82, 2.24) is 5.32 Å². The number of carbonyl (C=O) groups excluding carboxylic acids is 2. The van der Waals surface area contributed by atoms with Crippen LogP contribution in [0, 0.1) is 0 Å². The molecule has 6 nitrogen and oxygen atoms in total. The van der Waals surface area contributed by atoms with Gasteiger partial charge in [-0.1, -0.05) is 60.7 Å². The number of ether oxygens (including phenoxy) is 2. The van der Waals surface area contributed by atoms with E-state index in [9.17, 15) is 14.7 Å². The van der Waals surface area contributed by atoms with Gasteiger partial charge in [0.1, 0.15) is 13.2 Å². The van der Waals surface area contributed by atoms with E-state index in [-0.39, 0.29) is 13.2 Å². The Kier molecular flexibility index (Phi) is 6.54. The minimum Gasteiger partial charge on any atom is -0.459 e. The first-order valence-electron chi connectivity index (χ1n) is 7.84. The molecule has 2 N–H and O–H groups in total. The zero-order valence-electron chi connectivity index (χ0n) is 14.0. The van der Waals surface area contributed by atoms with E-state index in [1.807, 2.05) is 60.7 Å². The lowest BCUT2D eigenvalue weighted by Gasteiger charge is -2.26. The van der Waals surface area contributed by atoms with Gasteiger partial charge in [-0.2, -0.15) is 0 Å². The highest BCUT2D eigenvalue weighted by molar-refractivity contribution is 5.85. The molecule has 0 aromatic heterocycles. The third-order valence-corrected chi connectivity index (χ3v) is 3.57. The smallest absolute Gasteiger partial charge is 0.408 e. The number of alkyl carbamates (subject to hydrolysis) is 1. The molecule has 0 heterocycles. The summed E-state index contributed by atoms with van der Waals surface area (Å²) in [5, 5.41) is 11.9. The number of nitrogens with one attached hydrogen (secondary N) is 1. The van der Waals surface area contributed by atoms with E-state index in [0.717, 1.165) is 11.1 Å². The summed E-state index contributed by atoms with van der Waals surface area (Å²) in [7, 11) is 0. The van der Waals surface area contributed by atoms with Crippen LogP contribution in [0.4, 0.5) is 4.79 Å². The number of rotatable bonds is 7. The Hall–Kier alpha value is -2.86. The number of esters is 1. The van der Waals surface area contributed by atoms with E-state index in [2.05, 4.69) is 5.32 Å². The van der Waals surface area contributed by atoms with Crippen LogP contribution in [0.25, 0.3) is 0 Å². The van der Waals surface area contributed by atoms with Crippen molar-refractivity contribution in [2.24, 2.45) is 0 Å². The second-order valence-electron chi connectivity index (χ2n) is 5.74. The summed E-state index contributed by atoms with van der Waals surface area (Å²) in [6, 6.07) is 18.3. The summed E-state index contributed by atoms with van der Waals surface area (Å²) < 4.78 is 10.2. The molecule has 0 radical (unpaired) electrons. The summed E-state index contributed by atoms with van der Waals surface area (Å²) in [6.45, 7) is 0.883. The van der Waals surface area contributed by atoms with Crippen molar-refractivity contribution >= 4 is 12.1 Å². The first kappa shape index (κ1) is 18.5. The fourth-order valence-corrected chi connectivity index (χ4v) is 2.02. The highest BCUT2D eigenvalue weighted by atomic mass is 16.6. The maximum absolute atomic E-state index is 12.2. The Bertz CT molecular complexity index is 689. The summed E-state index contributed by atoms with van der Waals surface area (Å²) >= 11 is 0. The van der Waals surface area contributed by atoms with Crippen LogP contribution in [0.1, 0.15) is 18.1 Å². The van der Waals surface area contributed by atoms with E-state index < -0.39 is 24.2 Å². The van der Waals surface area contributed by atoms with Crippen molar-refractivity contribution in [1.29, 1.82) is 0 Å². The molecule has 0 saturated carbocycles. The Morgan fingerprint density at radius 1 is 0.920 bits per heavy atom. The maximum Gasteiger partial charge on any atom is 0.408 e. The van der Waals surface area contributed by atoms with Gasteiger partial charge in [-0.3, -0.25) is 0 Å². The molecular formula is C19H21NO5. The van der Waals surface area contributed by atoms with Gasteiger partial charge in [0, 0.05) is 0 Å². The minimum atomic E-state index is -1.58. The second kappa shape index (κ2) is 8.84. The first-order chi connectivity index (χ1) is 12.0. The average molecular weight is 343 g/mol. The summed E-state index contributed by atoms with van der Waals surface area (Å²) in [6.07, 6.45) is -0.808. The zero-order chi connectivity index (χ0) is 18.1. The van der Waals surface area contributed by atoms with Crippen LogP contribution in [-0.2, 0) is 27.5 Å². The van der Waals surface area contributed by atoms with E-state index in [1.165, 1.54) is 6.92 Å². The highest BCUT2D eigenvalue weighted by Gasteiger charge is 2.36. The number of carbonyl (C=O) groups is 2. The molecular weight excluding hydrogens is 322 g/mol. The van der Waals surface area contributed by atoms with Gasteiger partial charge in [-0.15, -0.1) is 0 Å². The third kappa shape index (κ3) is 5.61. The number of hydrogen-bond acceptors (Lipinski definition) is 5. The summed E-state index contributed by atoms with van der Waals surface area (Å²) in [5.41, 5.74) is 0.0422. The predicted molar refractivity (Wildman–Crippen MR) is 91.5 cm³/mol. The number of amides is 1. The third-order valence-electron chi connectivity index (χ3n) is 3.57. The second-order valence-corrected chi connectivity index (χ2v) is 5.74. The molecule has 1 amide bonds. The Balaban J connectivity index is 1.87. The van der Waals surface area contributed by atoms with Crippen LogP contribution in [0.3, 0.4) is 0 Å². The van der Waals surface area contributed by atoms with E-state index in [4.69, 9.17) is 9.47 Å². The summed E-state index contributed by atoms with van der Waals surface area (Å²) in [4.78, 5) is 24.1. The van der Waals surface area contributed by atoms with Gasteiger partial charge < -0.3 is 19.9 Å². The number of aliphatic hydroxyl groups is 1. The Morgan fingerprint density at radius 2 is 1.40 bits per heavy atom. The summed E-state index contributed by atoms with van der Waals surface area (Å²) in [5.74, 6) is -0.740. The van der Waals surface area contributed by atoms with Crippen LogP contribution in [0.5, 0.6) is 0 Å². The lowest BCUT2D eigenvalue weighted by Crippen LogP contribution is -2.55. The van der Waals surface area contributed by atoms with Gasteiger partial charge in [-0.25, -0.2) is 9.59 Å². The highest BCUT2D eigenvalue weighted by Crippen LogP contribution is 2.10. The quantitative estimate of drug-likeness (QED) is 0.754. The predicted octanol–water partition coefficient (Wildman–Crippen LogP) is 2.41. The topological polar surface area (TPSA) is 84.9 Å². The van der Waals surface area contributed by atoms with Crippen molar-refractivity contribution in [2.75, 3.05) is 6.61 Å². The average Bonchev–Trinajstić information content (AvgIpc) is 2.66. The van der Waals surface area contributed by atoms with Crippen molar-refractivity contribution in [2.45, 2.75) is 25.7 Å². The molecule has 0 fully saturated rings. The number of aliphatic hydroxyl groups excluding tert-OH is 1. The molecule has 0 unspecified atom stereocenters. The van der Waals surface area contributed by atoms with Gasteiger partial charge in [-0.05, 0) is 18.1 Å². The SMILES string of the molecule is C[C@@](CO)(NC(=O)OCc1ccccc1)C(=O)OCc1ccccc1. The monoisotopic (exact) mass is 343 g/mol. The van der Waals surface area contributed by atoms with E-state index in [0.29, 0.717) is 0 Å². The normalized spacial score (nSPS) is 12.7. The van der Waals surface area contributed by atoms with Gasteiger partial charge in [0.25, 0.3) is 0 Å². The van der Waals surface area contributed by atoms with Crippen molar-refractivity contribution < 1.29 is 24.2 Å². The molecule has 6 heteroatoms. The molecule has 1 atom stereocenters. The van der Waals surface area contributed by atoms with E-state index in [1.54, 1.807) is 0 Å². The largest absolute Gasteiger partial charge is 0.459 e. The lowest BCUT2D eigenvalue weighted by molar-refractivity contribution is -0.153. The minimum absolute atomic E-state index is 0.0516. The fourth-order valence-electron chi connectivity index (χ4n) is 2.02. The maximum atomic E-state index is 12.2. The lowest BCUT2D eigenvalue weighted by atomic mass is 10.1. The molecule has 2 aromatic rings. The van der Waals surface area contributed by atoms with Gasteiger partial charge in [0.15, 0.2) is 5.54 Å². The molecule has 0 spiro atoms. The van der Waals surface area contributed by atoms with Crippen LogP contribution in [0.2, 0.25) is 0 Å². The molecule has 2 rings (SSSR count). The molecule has 0 saturated heterocycles. The van der Waals surface area contributed by atoms with Crippen LogP contribution in [-0.4, -0.2) is 29.3 Å². The van der Waals surface area contributed by atoms with Crippen LogP contribution < -0.4 is 5.32 Å². The number of benzene rings is 2. The molecule has 2 aromatic carbocycles. The van der Waals surface area contributed by atoms with Crippen molar-refractivity contribution in [3.05, 3.63) is 71.8 Å². The zero-order valence-corrected chi connectivity index (χ0v) is 14.0. The van der Waals surface area contributed by atoms with Crippen LogP contribution in [0.15, 0.2) is 60.7 Å².